The minimum absolute atomic E-state index is 0.217. The van der Waals surface area contributed by atoms with Gasteiger partial charge in [0.15, 0.2) is 6.04 Å². The Morgan fingerprint density at radius 2 is 1.82 bits per heavy atom. The average Bonchev–Trinajstić information content (AvgIpc) is 3.07. The number of benzene rings is 3. The van der Waals surface area contributed by atoms with E-state index in [1.54, 1.807) is 36.4 Å². The molecule has 1 aliphatic rings. The summed E-state index contributed by atoms with van der Waals surface area (Å²) in [7, 11) is 0. The number of nitrogens with zero attached hydrogens (tertiary/aromatic N) is 1. The topological polar surface area (TPSA) is 66.8 Å². The van der Waals surface area contributed by atoms with Gasteiger partial charge in [0, 0.05) is 0 Å². The van der Waals surface area contributed by atoms with Gasteiger partial charge in [0.05, 0.1) is 4.91 Å². The number of carbonyl (C=O) groups is 2. The van der Waals surface area contributed by atoms with Crippen molar-refractivity contribution in [2.45, 2.75) is 19.6 Å². The van der Waals surface area contributed by atoms with Crippen LogP contribution in [0.5, 0.6) is 5.75 Å². The molecule has 7 heteroatoms. The Morgan fingerprint density at radius 3 is 2.55 bits per heavy atom. The number of thioether (sulfide) groups is 1. The van der Waals surface area contributed by atoms with Crippen LogP contribution in [-0.4, -0.2) is 26.2 Å². The normalized spacial score (nSPS) is 15.7. The van der Waals surface area contributed by atoms with Crippen LogP contribution in [-0.2, 0) is 16.2 Å². The highest BCUT2D eigenvalue weighted by Gasteiger charge is 2.41. The average molecular weight is 476 g/mol. The van der Waals surface area contributed by atoms with E-state index < -0.39 is 17.9 Å². The highest BCUT2D eigenvalue weighted by Crippen LogP contribution is 2.38. The number of amides is 1. The van der Waals surface area contributed by atoms with Crippen molar-refractivity contribution in [3.05, 3.63) is 106 Å². The van der Waals surface area contributed by atoms with Gasteiger partial charge in [0.25, 0.3) is 5.91 Å². The first kappa shape index (κ1) is 22.8. The molecule has 3 aromatic rings. The van der Waals surface area contributed by atoms with Crippen molar-refractivity contribution >= 4 is 46.3 Å². The Kier molecular flexibility index (Phi) is 6.91. The molecule has 0 bridgehead atoms. The van der Waals surface area contributed by atoms with E-state index in [0.29, 0.717) is 22.8 Å². The molecule has 1 heterocycles. The Bertz CT molecular complexity index is 1240. The maximum Gasteiger partial charge on any atom is 0.331 e. The minimum atomic E-state index is -1.17. The lowest BCUT2D eigenvalue weighted by molar-refractivity contribution is -0.145. The third-order valence-electron chi connectivity index (χ3n) is 5.24. The fraction of sp³-hybridized carbons (Fsp3) is 0.115. The van der Waals surface area contributed by atoms with Crippen molar-refractivity contribution in [2.75, 3.05) is 0 Å². The molecule has 1 atom stereocenters. The number of thiocarbonyl (C=S) groups is 1. The largest absolute Gasteiger partial charge is 0.489 e. The molecule has 3 aromatic carbocycles. The molecule has 0 radical (unpaired) electrons. The lowest BCUT2D eigenvalue weighted by Crippen LogP contribution is -2.37. The molecule has 1 aliphatic heterocycles. The SMILES string of the molecule is Cc1ccccc1COc1cccc(/C=C2/SC(=S)N(C(C(=O)O)c3ccccc3)C2=O)c1. The van der Waals surface area contributed by atoms with Gasteiger partial charge in [-0.15, -0.1) is 0 Å². The summed E-state index contributed by atoms with van der Waals surface area (Å²) >= 11 is 6.48. The van der Waals surface area contributed by atoms with Crippen LogP contribution in [0.4, 0.5) is 0 Å². The van der Waals surface area contributed by atoms with Crippen LogP contribution in [0.1, 0.15) is 28.3 Å². The van der Waals surface area contributed by atoms with Crippen molar-refractivity contribution < 1.29 is 19.4 Å². The van der Waals surface area contributed by atoms with Crippen molar-refractivity contribution in [3.63, 3.8) is 0 Å². The zero-order chi connectivity index (χ0) is 23.4. The lowest BCUT2D eigenvalue weighted by atomic mass is 10.1. The van der Waals surface area contributed by atoms with Crippen molar-refractivity contribution in [1.29, 1.82) is 0 Å². The number of aliphatic carboxylic acids is 1. The van der Waals surface area contributed by atoms with Gasteiger partial charge in [-0.3, -0.25) is 9.69 Å². The molecule has 0 aliphatic carbocycles. The molecule has 166 valence electrons. The van der Waals surface area contributed by atoms with E-state index in [0.717, 1.165) is 28.5 Å². The summed E-state index contributed by atoms with van der Waals surface area (Å²) in [5.41, 5.74) is 3.52. The van der Waals surface area contributed by atoms with E-state index in [1.807, 2.05) is 55.5 Å². The number of carboxylic acids is 1. The summed E-state index contributed by atoms with van der Waals surface area (Å²) in [5.74, 6) is -0.881. The highest BCUT2D eigenvalue weighted by atomic mass is 32.2. The monoisotopic (exact) mass is 475 g/mol. The van der Waals surface area contributed by atoms with Crippen LogP contribution in [0.25, 0.3) is 6.08 Å². The number of carboxylic acid groups (broad SMARTS) is 1. The van der Waals surface area contributed by atoms with Crippen molar-refractivity contribution in [2.24, 2.45) is 0 Å². The van der Waals surface area contributed by atoms with Crippen molar-refractivity contribution in [3.8, 4) is 5.75 Å². The summed E-state index contributed by atoms with van der Waals surface area (Å²) < 4.78 is 6.16. The predicted octanol–water partition coefficient (Wildman–Crippen LogP) is 5.60. The van der Waals surface area contributed by atoms with Gasteiger partial charge in [0.2, 0.25) is 0 Å². The second kappa shape index (κ2) is 10.0. The van der Waals surface area contributed by atoms with Gasteiger partial charge in [-0.2, -0.15) is 0 Å². The van der Waals surface area contributed by atoms with Gasteiger partial charge in [0.1, 0.15) is 16.7 Å². The van der Waals surface area contributed by atoms with E-state index in [4.69, 9.17) is 17.0 Å². The van der Waals surface area contributed by atoms with Crippen LogP contribution in [0, 0.1) is 6.92 Å². The van der Waals surface area contributed by atoms with Crippen LogP contribution in [0.15, 0.2) is 83.8 Å². The third kappa shape index (κ3) is 5.16. The van der Waals surface area contributed by atoms with E-state index in [-0.39, 0.29) is 4.32 Å². The number of ether oxygens (including phenoxy) is 1. The fourth-order valence-electron chi connectivity index (χ4n) is 3.52. The number of hydrogen-bond acceptors (Lipinski definition) is 5. The quantitative estimate of drug-likeness (QED) is 0.354. The predicted molar refractivity (Wildman–Crippen MR) is 134 cm³/mol. The van der Waals surface area contributed by atoms with Gasteiger partial charge in [-0.25, -0.2) is 4.79 Å². The molecular weight excluding hydrogens is 454 g/mol. The van der Waals surface area contributed by atoms with Gasteiger partial charge in [-0.05, 0) is 47.4 Å². The summed E-state index contributed by atoms with van der Waals surface area (Å²) in [4.78, 5) is 26.7. The first-order valence-electron chi connectivity index (χ1n) is 10.3. The summed E-state index contributed by atoms with van der Waals surface area (Å²) in [5, 5.41) is 9.81. The Labute approximate surface area is 201 Å². The van der Waals surface area contributed by atoms with Gasteiger partial charge < -0.3 is 9.84 Å². The van der Waals surface area contributed by atoms with Gasteiger partial charge in [-0.1, -0.05) is 90.7 Å². The Morgan fingerprint density at radius 1 is 1.09 bits per heavy atom. The maximum atomic E-state index is 13.1. The van der Waals surface area contributed by atoms with Crippen LogP contribution >= 0.6 is 24.0 Å². The lowest BCUT2D eigenvalue weighted by Gasteiger charge is -2.23. The van der Waals surface area contributed by atoms with E-state index in [1.165, 1.54) is 4.90 Å². The van der Waals surface area contributed by atoms with Crippen LogP contribution in [0.2, 0.25) is 0 Å². The molecule has 0 aromatic heterocycles. The molecule has 1 fully saturated rings. The van der Waals surface area contributed by atoms with Crippen molar-refractivity contribution in [1.82, 2.24) is 4.90 Å². The molecule has 4 rings (SSSR count). The highest BCUT2D eigenvalue weighted by molar-refractivity contribution is 8.26. The second-order valence-electron chi connectivity index (χ2n) is 7.49. The van der Waals surface area contributed by atoms with E-state index in [2.05, 4.69) is 0 Å². The molecule has 0 spiro atoms. The Hall–Kier alpha value is -3.42. The first-order chi connectivity index (χ1) is 15.9. The molecule has 0 saturated carbocycles. The molecule has 33 heavy (non-hydrogen) atoms. The third-order valence-corrected chi connectivity index (χ3v) is 6.57. The fourth-order valence-corrected chi connectivity index (χ4v) is 4.83. The molecule has 1 amide bonds. The van der Waals surface area contributed by atoms with E-state index in [9.17, 15) is 14.7 Å². The van der Waals surface area contributed by atoms with Crippen LogP contribution < -0.4 is 4.74 Å². The first-order valence-corrected chi connectivity index (χ1v) is 11.5. The molecule has 5 nitrogen and oxygen atoms in total. The second-order valence-corrected chi connectivity index (χ2v) is 9.17. The maximum absolute atomic E-state index is 13.1. The molecule has 1 N–H and O–H groups in total. The molecular formula is C26H21NO4S2. The number of rotatable bonds is 7. The summed E-state index contributed by atoms with van der Waals surface area (Å²) in [6, 6.07) is 22.9. The summed E-state index contributed by atoms with van der Waals surface area (Å²) in [6.45, 7) is 2.48. The number of aryl methyl sites for hydroxylation is 1. The van der Waals surface area contributed by atoms with E-state index >= 15 is 0 Å². The zero-order valence-electron chi connectivity index (χ0n) is 17.8. The summed E-state index contributed by atoms with van der Waals surface area (Å²) in [6.07, 6.45) is 1.71. The number of carbonyl (C=O) groups excluding carboxylic acids is 1. The molecule has 1 unspecified atom stereocenters. The zero-order valence-corrected chi connectivity index (χ0v) is 19.4. The standard InChI is InChI=1S/C26H21NO4S2/c1-17-8-5-6-12-20(17)16-31-21-13-7-9-18(14-21)15-22-24(28)27(26(32)33-22)23(25(29)30)19-10-3-2-4-11-19/h2-15,23H,16H2,1H3,(H,29,30)/b22-15+. The minimum Gasteiger partial charge on any atom is -0.489 e. The number of hydrogen-bond donors (Lipinski definition) is 1. The smallest absolute Gasteiger partial charge is 0.331 e. The van der Waals surface area contributed by atoms with Gasteiger partial charge >= 0.3 is 5.97 Å². The van der Waals surface area contributed by atoms with Crippen LogP contribution in [0.3, 0.4) is 0 Å². The Balaban J connectivity index is 1.54. The molecule has 1 saturated heterocycles.